The number of ether oxygens (including phenoxy) is 3. The Bertz CT molecular complexity index is 664. The first-order chi connectivity index (χ1) is 12.2. The number of hydrogen-bond acceptors (Lipinski definition) is 6. The van der Waals surface area contributed by atoms with Gasteiger partial charge in [-0.25, -0.2) is 0 Å². The molecule has 0 amide bonds. The zero-order valence-corrected chi connectivity index (χ0v) is 14.0. The Labute approximate surface area is 147 Å². The third-order valence-corrected chi connectivity index (χ3v) is 3.92. The summed E-state index contributed by atoms with van der Waals surface area (Å²) in [7, 11) is 0. The fourth-order valence-corrected chi connectivity index (χ4v) is 2.73. The van der Waals surface area contributed by atoms with Crippen LogP contribution in [0.2, 0.25) is 0 Å². The highest BCUT2D eigenvalue weighted by molar-refractivity contribution is 5.46. The van der Waals surface area contributed by atoms with Gasteiger partial charge in [-0.15, -0.1) is 0 Å². The van der Waals surface area contributed by atoms with Gasteiger partial charge in [0.1, 0.15) is 18.5 Å². The number of aliphatic hydroxyl groups is 2. The highest BCUT2D eigenvalue weighted by atomic mass is 16.7. The molecule has 0 radical (unpaired) electrons. The van der Waals surface area contributed by atoms with Gasteiger partial charge in [0.25, 0.3) is 0 Å². The second-order valence-corrected chi connectivity index (χ2v) is 5.92. The minimum Gasteiger partial charge on any atom is -0.491 e. The Morgan fingerprint density at radius 3 is 2.68 bits per heavy atom. The van der Waals surface area contributed by atoms with Gasteiger partial charge in [-0.05, 0) is 17.7 Å². The van der Waals surface area contributed by atoms with Gasteiger partial charge in [0.15, 0.2) is 11.5 Å². The predicted molar refractivity (Wildman–Crippen MR) is 92.9 cm³/mol. The molecule has 134 valence electrons. The zero-order valence-electron chi connectivity index (χ0n) is 14.0. The molecule has 2 aromatic carbocycles. The quantitative estimate of drug-likeness (QED) is 0.720. The highest BCUT2D eigenvalue weighted by Gasteiger charge is 2.16. The molecule has 6 heteroatoms. The van der Waals surface area contributed by atoms with E-state index in [2.05, 4.69) is 0 Å². The van der Waals surface area contributed by atoms with Crippen LogP contribution in [0.25, 0.3) is 0 Å². The number of nitrogens with zero attached hydrogens (tertiary/aromatic N) is 1. The van der Waals surface area contributed by atoms with Gasteiger partial charge in [-0.3, -0.25) is 4.90 Å². The van der Waals surface area contributed by atoms with E-state index in [9.17, 15) is 10.2 Å². The van der Waals surface area contributed by atoms with Crippen molar-refractivity contribution in [2.45, 2.75) is 12.6 Å². The van der Waals surface area contributed by atoms with E-state index in [0.717, 1.165) is 5.56 Å². The summed E-state index contributed by atoms with van der Waals surface area (Å²) in [4.78, 5) is 2.00. The minimum absolute atomic E-state index is 0.0442. The number of rotatable bonds is 9. The molecule has 0 spiro atoms. The molecule has 0 bridgehead atoms. The Hall–Kier alpha value is -2.28. The average molecular weight is 345 g/mol. The van der Waals surface area contributed by atoms with Crippen molar-refractivity contribution in [3.63, 3.8) is 0 Å². The lowest BCUT2D eigenvalue weighted by Crippen LogP contribution is -2.37. The summed E-state index contributed by atoms with van der Waals surface area (Å²) in [6.07, 6.45) is -0.666. The van der Waals surface area contributed by atoms with Crippen molar-refractivity contribution in [1.82, 2.24) is 4.90 Å². The Morgan fingerprint density at radius 2 is 1.88 bits per heavy atom. The predicted octanol–water partition coefficient (Wildman–Crippen LogP) is 1.65. The van der Waals surface area contributed by atoms with Gasteiger partial charge in [-0.1, -0.05) is 30.3 Å². The van der Waals surface area contributed by atoms with Gasteiger partial charge in [0.05, 0.1) is 6.61 Å². The zero-order chi connectivity index (χ0) is 17.5. The first kappa shape index (κ1) is 17.5. The molecule has 2 aromatic rings. The molecule has 6 nitrogen and oxygen atoms in total. The SMILES string of the molecule is OCCN(Cc1ccccc1)C[C@@H](O)COc1ccc2c(c1)OCO2. The maximum absolute atomic E-state index is 10.3. The summed E-state index contributed by atoms with van der Waals surface area (Å²) in [6, 6.07) is 15.3. The maximum Gasteiger partial charge on any atom is 0.231 e. The van der Waals surface area contributed by atoms with Gasteiger partial charge >= 0.3 is 0 Å². The molecule has 25 heavy (non-hydrogen) atoms. The lowest BCUT2D eigenvalue weighted by Gasteiger charge is -2.24. The number of aliphatic hydroxyl groups excluding tert-OH is 2. The molecule has 3 rings (SSSR count). The molecule has 0 unspecified atom stereocenters. The summed E-state index contributed by atoms with van der Waals surface area (Å²) >= 11 is 0. The molecule has 1 aliphatic heterocycles. The van der Waals surface area contributed by atoms with E-state index in [0.29, 0.717) is 36.9 Å². The van der Waals surface area contributed by atoms with Crippen molar-refractivity contribution < 1.29 is 24.4 Å². The molecule has 1 aliphatic rings. The highest BCUT2D eigenvalue weighted by Crippen LogP contribution is 2.35. The lowest BCUT2D eigenvalue weighted by atomic mass is 10.2. The second kappa shape index (κ2) is 8.71. The topological polar surface area (TPSA) is 71.4 Å². The van der Waals surface area contributed by atoms with Crippen molar-refractivity contribution in [2.24, 2.45) is 0 Å². The molecule has 1 atom stereocenters. The smallest absolute Gasteiger partial charge is 0.231 e. The summed E-state index contributed by atoms with van der Waals surface area (Å²) in [5, 5.41) is 19.5. The summed E-state index contributed by atoms with van der Waals surface area (Å²) in [6.45, 7) is 2.01. The molecule has 2 N–H and O–H groups in total. The summed E-state index contributed by atoms with van der Waals surface area (Å²) < 4.78 is 16.2. The van der Waals surface area contributed by atoms with Crippen molar-refractivity contribution in [2.75, 3.05) is 33.1 Å². The summed E-state index contributed by atoms with van der Waals surface area (Å²) in [5.41, 5.74) is 1.14. The Morgan fingerprint density at radius 1 is 1.08 bits per heavy atom. The number of fused-ring (bicyclic) bond motifs is 1. The van der Waals surface area contributed by atoms with Crippen LogP contribution in [0.3, 0.4) is 0 Å². The van der Waals surface area contributed by atoms with Gasteiger partial charge in [-0.2, -0.15) is 0 Å². The van der Waals surface area contributed by atoms with E-state index >= 15 is 0 Å². The lowest BCUT2D eigenvalue weighted by molar-refractivity contribution is 0.0589. The van der Waals surface area contributed by atoms with Crippen LogP contribution in [0.15, 0.2) is 48.5 Å². The van der Waals surface area contributed by atoms with Crippen molar-refractivity contribution >= 4 is 0 Å². The van der Waals surface area contributed by atoms with Crippen LogP contribution in [0, 0.1) is 0 Å². The monoisotopic (exact) mass is 345 g/mol. The Kier molecular flexibility index (Phi) is 6.11. The van der Waals surface area contributed by atoms with Gasteiger partial charge < -0.3 is 24.4 Å². The van der Waals surface area contributed by atoms with E-state index < -0.39 is 6.10 Å². The van der Waals surface area contributed by atoms with Crippen LogP contribution in [0.1, 0.15) is 5.56 Å². The fraction of sp³-hybridized carbons (Fsp3) is 0.368. The normalized spacial score (nSPS) is 13.9. The first-order valence-corrected chi connectivity index (χ1v) is 8.32. The maximum atomic E-state index is 10.3. The second-order valence-electron chi connectivity index (χ2n) is 5.92. The third kappa shape index (κ3) is 5.09. The van der Waals surface area contributed by atoms with E-state index in [4.69, 9.17) is 14.2 Å². The van der Waals surface area contributed by atoms with E-state index in [1.165, 1.54) is 0 Å². The van der Waals surface area contributed by atoms with Crippen LogP contribution in [-0.4, -0.2) is 54.3 Å². The van der Waals surface area contributed by atoms with Crippen LogP contribution in [-0.2, 0) is 6.54 Å². The van der Waals surface area contributed by atoms with E-state index in [1.54, 1.807) is 18.2 Å². The van der Waals surface area contributed by atoms with E-state index in [1.807, 2.05) is 35.2 Å². The number of hydrogen-bond donors (Lipinski definition) is 2. The third-order valence-electron chi connectivity index (χ3n) is 3.92. The van der Waals surface area contributed by atoms with E-state index in [-0.39, 0.29) is 20.0 Å². The molecular weight excluding hydrogens is 322 g/mol. The molecular formula is C19H23NO5. The van der Waals surface area contributed by atoms with Gasteiger partial charge in [0, 0.05) is 25.7 Å². The van der Waals surface area contributed by atoms with Crippen molar-refractivity contribution in [1.29, 1.82) is 0 Å². The first-order valence-electron chi connectivity index (χ1n) is 8.32. The van der Waals surface area contributed by atoms with Crippen LogP contribution in [0.4, 0.5) is 0 Å². The molecule has 0 fully saturated rings. The fourth-order valence-electron chi connectivity index (χ4n) is 2.73. The van der Waals surface area contributed by atoms with Crippen molar-refractivity contribution in [3.8, 4) is 17.2 Å². The average Bonchev–Trinajstić information content (AvgIpc) is 3.09. The number of benzene rings is 2. The molecule has 0 saturated carbocycles. The van der Waals surface area contributed by atoms with Crippen LogP contribution in [0.5, 0.6) is 17.2 Å². The van der Waals surface area contributed by atoms with Crippen LogP contribution < -0.4 is 14.2 Å². The molecule has 0 aromatic heterocycles. The van der Waals surface area contributed by atoms with Crippen LogP contribution >= 0.6 is 0 Å². The molecule has 1 heterocycles. The summed E-state index contributed by atoms with van der Waals surface area (Å²) in [5.74, 6) is 1.97. The molecule has 0 saturated heterocycles. The standard InChI is InChI=1S/C19H23NO5/c21-9-8-20(11-15-4-2-1-3-5-15)12-16(22)13-23-17-6-7-18-19(10-17)25-14-24-18/h1-7,10,16,21-22H,8-9,11-14H2/t16-/m1/s1. The largest absolute Gasteiger partial charge is 0.491 e. The van der Waals surface area contributed by atoms with Crippen molar-refractivity contribution in [3.05, 3.63) is 54.1 Å². The Balaban J connectivity index is 1.50. The van der Waals surface area contributed by atoms with Gasteiger partial charge in [0.2, 0.25) is 6.79 Å². The minimum atomic E-state index is -0.666. The molecule has 0 aliphatic carbocycles.